The fourth-order valence-electron chi connectivity index (χ4n) is 1.35. The summed E-state index contributed by atoms with van der Waals surface area (Å²) in [5.41, 5.74) is -0.911. The number of nitrogens with one attached hydrogen (secondary N) is 1. The molecular formula is C13H20N2O3S. The molecule has 1 unspecified atom stereocenters. The number of nitrogens with zero attached hydrogens (tertiary/aromatic N) is 1. The summed E-state index contributed by atoms with van der Waals surface area (Å²) in [4.78, 5) is 25.6. The Hall–Kier alpha value is -1.40. The average molecular weight is 284 g/mol. The van der Waals surface area contributed by atoms with Crippen molar-refractivity contribution in [3.05, 3.63) is 22.4 Å². The average Bonchev–Trinajstić information content (AvgIpc) is 2.89. The lowest BCUT2D eigenvalue weighted by Gasteiger charge is -2.22. The topological polar surface area (TPSA) is 69.6 Å². The quantitative estimate of drug-likeness (QED) is 0.822. The van der Waals surface area contributed by atoms with Gasteiger partial charge in [0, 0.05) is 13.6 Å². The molecule has 6 heteroatoms. The third-order valence-electron chi connectivity index (χ3n) is 2.89. The molecule has 0 aliphatic rings. The fourth-order valence-corrected chi connectivity index (χ4v) is 2.06. The van der Waals surface area contributed by atoms with Crippen LogP contribution in [0.2, 0.25) is 0 Å². The monoisotopic (exact) mass is 284 g/mol. The zero-order valence-corrected chi connectivity index (χ0v) is 12.3. The van der Waals surface area contributed by atoms with Crippen molar-refractivity contribution in [1.29, 1.82) is 0 Å². The molecule has 2 N–H and O–H groups in total. The van der Waals surface area contributed by atoms with Crippen molar-refractivity contribution in [1.82, 2.24) is 10.2 Å². The minimum Gasteiger partial charge on any atom is -0.388 e. The van der Waals surface area contributed by atoms with Gasteiger partial charge in [0.1, 0.15) is 0 Å². The van der Waals surface area contributed by atoms with Gasteiger partial charge in [-0.25, -0.2) is 0 Å². The third-order valence-corrected chi connectivity index (χ3v) is 3.75. The van der Waals surface area contributed by atoms with Crippen molar-refractivity contribution in [3.63, 3.8) is 0 Å². The predicted octanol–water partition coefficient (Wildman–Crippen LogP) is 1.10. The highest BCUT2D eigenvalue weighted by Gasteiger charge is 2.20. The van der Waals surface area contributed by atoms with Gasteiger partial charge in [0.2, 0.25) is 5.91 Å². The van der Waals surface area contributed by atoms with E-state index in [0.29, 0.717) is 11.3 Å². The minimum absolute atomic E-state index is 0.0173. The van der Waals surface area contributed by atoms with Crippen LogP contribution in [0, 0.1) is 0 Å². The Kier molecular flexibility index (Phi) is 5.50. The summed E-state index contributed by atoms with van der Waals surface area (Å²) in [6.45, 7) is 3.67. The van der Waals surface area contributed by atoms with Gasteiger partial charge in [-0.2, -0.15) is 0 Å². The summed E-state index contributed by atoms with van der Waals surface area (Å²) in [5, 5.41) is 14.2. The molecule has 0 bridgehead atoms. The van der Waals surface area contributed by atoms with Gasteiger partial charge in [-0.1, -0.05) is 13.0 Å². The van der Waals surface area contributed by atoms with E-state index in [9.17, 15) is 14.7 Å². The first-order chi connectivity index (χ1) is 8.85. The highest BCUT2D eigenvalue weighted by molar-refractivity contribution is 7.12. The van der Waals surface area contributed by atoms with Crippen molar-refractivity contribution in [2.45, 2.75) is 25.9 Å². The van der Waals surface area contributed by atoms with Crippen LogP contribution >= 0.6 is 11.3 Å². The summed E-state index contributed by atoms with van der Waals surface area (Å²) >= 11 is 1.34. The Morgan fingerprint density at radius 3 is 2.74 bits per heavy atom. The molecule has 2 amide bonds. The lowest BCUT2D eigenvalue weighted by Crippen LogP contribution is -2.44. The van der Waals surface area contributed by atoms with Gasteiger partial charge in [-0.3, -0.25) is 9.59 Å². The second-order valence-corrected chi connectivity index (χ2v) is 5.71. The van der Waals surface area contributed by atoms with Gasteiger partial charge in [-0.15, -0.1) is 11.3 Å². The highest BCUT2D eigenvalue weighted by atomic mass is 32.1. The van der Waals surface area contributed by atoms with Gasteiger partial charge in [0.05, 0.1) is 17.0 Å². The zero-order chi connectivity index (χ0) is 14.5. The van der Waals surface area contributed by atoms with Crippen molar-refractivity contribution < 1.29 is 14.7 Å². The van der Waals surface area contributed by atoms with Crippen molar-refractivity contribution in [2.75, 3.05) is 20.1 Å². The van der Waals surface area contributed by atoms with E-state index in [1.165, 1.54) is 16.2 Å². The molecule has 0 saturated heterocycles. The molecule has 5 nitrogen and oxygen atoms in total. The van der Waals surface area contributed by atoms with Gasteiger partial charge >= 0.3 is 0 Å². The number of rotatable bonds is 6. The number of hydrogen-bond acceptors (Lipinski definition) is 4. The van der Waals surface area contributed by atoms with E-state index in [1.807, 2.05) is 12.3 Å². The summed E-state index contributed by atoms with van der Waals surface area (Å²) in [6.07, 6.45) is 0.553. The maximum atomic E-state index is 11.9. The van der Waals surface area contributed by atoms with E-state index in [1.54, 1.807) is 26.1 Å². The van der Waals surface area contributed by atoms with Crippen LogP contribution in [-0.2, 0) is 4.79 Å². The number of thiophene rings is 1. The molecular weight excluding hydrogens is 264 g/mol. The third kappa shape index (κ3) is 5.00. The van der Waals surface area contributed by atoms with Crippen molar-refractivity contribution >= 4 is 23.2 Å². The van der Waals surface area contributed by atoms with Crippen LogP contribution in [0.3, 0.4) is 0 Å². The Bertz CT molecular complexity index is 429. The lowest BCUT2D eigenvalue weighted by atomic mass is 10.0. The minimum atomic E-state index is -0.911. The molecule has 0 aromatic carbocycles. The molecule has 0 aliphatic heterocycles. The first kappa shape index (κ1) is 15.7. The van der Waals surface area contributed by atoms with Crippen LogP contribution in [0.1, 0.15) is 29.9 Å². The van der Waals surface area contributed by atoms with Gasteiger partial charge in [0.25, 0.3) is 5.91 Å². The molecule has 19 heavy (non-hydrogen) atoms. The van der Waals surface area contributed by atoms with Gasteiger partial charge in [0.15, 0.2) is 0 Å². The standard InChI is InChI=1S/C13H20N2O3S/c1-4-13(2,18)9-14-11(16)8-15(3)12(17)10-6-5-7-19-10/h5-7,18H,4,8-9H2,1-3H3,(H,14,16). The Morgan fingerprint density at radius 2 is 2.21 bits per heavy atom. The second-order valence-electron chi connectivity index (χ2n) is 4.77. The summed E-state index contributed by atoms with van der Waals surface area (Å²) in [7, 11) is 1.58. The number of amides is 2. The first-order valence-corrected chi connectivity index (χ1v) is 7.02. The van der Waals surface area contributed by atoms with E-state index in [4.69, 9.17) is 0 Å². The molecule has 0 spiro atoms. The molecule has 0 aliphatic carbocycles. The number of likely N-dealkylation sites (N-methyl/N-ethyl adjacent to an activating group) is 1. The summed E-state index contributed by atoms with van der Waals surface area (Å²) < 4.78 is 0. The molecule has 1 aromatic heterocycles. The van der Waals surface area contributed by atoms with E-state index >= 15 is 0 Å². The second kappa shape index (κ2) is 6.68. The highest BCUT2D eigenvalue weighted by Crippen LogP contribution is 2.11. The van der Waals surface area contributed by atoms with E-state index in [-0.39, 0.29) is 24.9 Å². The van der Waals surface area contributed by atoms with E-state index < -0.39 is 5.60 Å². The maximum Gasteiger partial charge on any atom is 0.264 e. The normalized spacial score (nSPS) is 13.7. The SMILES string of the molecule is CCC(C)(O)CNC(=O)CN(C)C(=O)c1cccs1. The number of aliphatic hydroxyl groups is 1. The van der Waals surface area contributed by atoms with Crippen LogP contribution in [0.15, 0.2) is 17.5 Å². The molecule has 1 heterocycles. The summed E-state index contributed by atoms with van der Waals surface area (Å²) in [5.74, 6) is -0.450. The molecule has 1 rings (SSSR count). The van der Waals surface area contributed by atoms with Crippen LogP contribution in [0.4, 0.5) is 0 Å². The van der Waals surface area contributed by atoms with Crippen molar-refractivity contribution in [3.8, 4) is 0 Å². The van der Waals surface area contributed by atoms with Gasteiger partial charge < -0.3 is 15.3 Å². The number of carbonyl (C=O) groups is 2. The van der Waals surface area contributed by atoms with E-state index in [0.717, 1.165) is 0 Å². The smallest absolute Gasteiger partial charge is 0.264 e. The van der Waals surface area contributed by atoms with E-state index in [2.05, 4.69) is 5.32 Å². The van der Waals surface area contributed by atoms with Crippen LogP contribution in [0.5, 0.6) is 0 Å². The maximum absolute atomic E-state index is 11.9. The molecule has 0 saturated carbocycles. The van der Waals surface area contributed by atoms with Crippen molar-refractivity contribution in [2.24, 2.45) is 0 Å². The Balaban J connectivity index is 2.42. The van der Waals surface area contributed by atoms with Crippen LogP contribution in [-0.4, -0.2) is 47.6 Å². The molecule has 1 atom stereocenters. The zero-order valence-electron chi connectivity index (χ0n) is 11.5. The van der Waals surface area contributed by atoms with Crippen LogP contribution < -0.4 is 5.32 Å². The molecule has 0 fully saturated rings. The first-order valence-electron chi connectivity index (χ1n) is 6.14. The van der Waals surface area contributed by atoms with Gasteiger partial charge in [-0.05, 0) is 24.8 Å². The molecule has 106 valence electrons. The predicted molar refractivity (Wildman–Crippen MR) is 75.2 cm³/mol. The number of hydrogen-bond donors (Lipinski definition) is 2. The van der Waals surface area contributed by atoms with Crippen LogP contribution in [0.25, 0.3) is 0 Å². The Morgan fingerprint density at radius 1 is 1.53 bits per heavy atom. The molecule has 1 aromatic rings. The summed E-state index contributed by atoms with van der Waals surface area (Å²) in [6, 6.07) is 3.52. The number of carbonyl (C=O) groups excluding carboxylic acids is 2. The lowest BCUT2D eigenvalue weighted by molar-refractivity contribution is -0.122. The largest absolute Gasteiger partial charge is 0.388 e. The molecule has 0 radical (unpaired) electrons. The fraction of sp³-hybridized carbons (Fsp3) is 0.538. The Labute approximate surface area is 117 Å².